The molecule has 0 amide bonds. The number of hydrogen-bond acceptors (Lipinski definition) is 4. The second kappa shape index (κ2) is 7.04. The Kier molecular flexibility index (Phi) is 5.66. The zero-order chi connectivity index (χ0) is 12.7. The molecule has 1 rings (SSSR count). The van der Waals surface area contributed by atoms with Gasteiger partial charge in [0.1, 0.15) is 6.04 Å². The van der Waals surface area contributed by atoms with E-state index < -0.39 is 0 Å². The van der Waals surface area contributed by atoms with Gasteiger partial charge in [0.2, 0.25) is 0 Å². The van der Waals surface area contributed by atoms with Crippen molar-refractivity contribution in [1.82, 2.24) is 5.32 Å². The molecule has 0 heterocycles. The Balaban J connectivity index is 2.70. The van der Waals surface area contributed by atoms with E-state index in [2.05, 4.69) is 10.1 Å². The molecule has 0 bridgehead atoms. The van der Waals surface area contributed by atoms with Crippen LogP contribution in [0.15, 0.2) is 30.3 Å². The van der Waals surface area contributed by atoms with Crippen molar-refractivity contribution in [2.75, 3.05) is 20.8 Å². The fourth-order valence-corrected chi connectivity index (χ4v) is 1.64. The maximum Gasteiger partial charge on any atom is 0.322 e. The smallest absolute Gasteiger partial charge is 0.322 e. The van der Waals surface area contributed by atoms with Crippen LogP contribution < -0.4 is 5.32 Å². The fraction of sp³-hybridized carbons (Fsp3) is 0.462. The second-order valence-electron chi connectivity index (χ2n) is 3.83. The van der Waals surface area contributed by atoms with Gasteiger partial charge in [-0.1, -0.05) is 30.3 Å². The van der Waals surface area contributed by atoms with E-state index in [0.717, 1.165) is 5.56 Å². The van der Waals surface area contributed by atoms with E-state index in [9.17, 15) is 4.79 Å². The van der Waals surface area contributed by atoms with Gasteiger partial charge >= 0.3 is 5.97 Å². The average Bonchev–Trinajstić information content (AvgIpc) is 2.38. The molecule has 1 aromatic carbocycles. The van der Waals surface area contributed by atoms with Gasteiger partial charge in [-0.25, -0.2) is 0 Å². The number of methoxy groups -OCH3 is 2. The first kappa shape index (κ1) is 13.7. The van der Waals surface area contributed by atoms with Gasteiger partial charge in [-0.15, -0.1) is 0 Å². The number of nitrogens with one attached hydrogen (secondary N) is 1. The van der Waals surface area contributed by atoms with Crippen LogP contribution in [0, 0.1) is 0 Å². The van der Waals surface area contributed by atoms with Crippen LogP contribution in [0.3, 0.4) is 0 Å². The van der Waals surface area contributed by atoms with Crippen LogP contribution in [0.4, 0.5) is 0 Å². The normalized spacial score (nSPS) is 14.1. The van der Waals surface area contributed by atoms with E-state index in [0.29, 0.717) is 6.61 Å². The summed E-state index contributed by atoms with van der Waals surface area (Å²) in [5.41, 5.74) is 1.09. The molecule has 2 atom stereocenters. The van der Waals surface area contributed by atoms with Crippen LogP contribution in [0.1, 0.15) is 18.5 Å². The second-order valence-corrected chi connectivity index (χ2v) is 3.83. The molecule has 1 N–H and O–H groups in total. The number of hydrogen-bond donors (Lipinski definition) is 1. The molecule has 0 aromatic heterocycles. The number of carbonyl (C=O) groups excluding carboxylic acids is 1. The molecule has 0 saturated heterocycles. The molecule has 0 radical (unpaired) electrons. The molecule has 0 aliphatic rings. The molecule has 17 heavy (non-hydrogen) atoms. The van der Waals surface area contributed by atoms with Crippen molar-refractivity contribution < 1.29 is 14.3 Å². The number of carbonyl (C=O) groups is 1. The topological polar surface area (TPSA) is 47.6 Å². The molecular formula is C13H19NO3. The third-order valence-electron chi connectivity index (χ3n) is 2.54. The molecule has 0 aliphatic heterocycles. The van der Waals surface area contributed by atoms with Gasteiger partial charge in [-0.05, 0) is 12.5 Å². The van der Waals surface area contributed by atoms with Crippen molar-refractivity contribution >= 4 is 5.97 Å². The Labute approximate surface area is 102 Å². The van der Waals surface area contributed by atoms with Crippen LogP contribution in [-0.2, 0) is 14.3 Å². The molecule has 0 spiro atoms. The maximum atomic E-state index is 11.4. The third kappa shape index (κ3) is 4.17. The van der Waals surface area contributed by atoms with Gasteiger partial charge < -0.3 is 9.47 Å². The van der Waals surface area contributed by atoms with Crippen molar-refractivity contribution in [3.63, 3.8) is 0 Å². The summed E-state index contributed by atoms with van der Waals surface area (Å²) in [4.78, 5) is 11.4. The van der Waals surface area contributed by atoms with E-state index in [1.807, 2.05) is 30.3 Å². The molecule has 94 valence electrons. The Bertz CT molecular complexity index is 340. The van der Waals surface area contributed by atoms with Crippen molar-refractivity contribution in [3.8, 4) is 0 Å². The van der Waals surface area contributed by atoms with Gasteiger partial charge in [0.15, 0.2) is 0 Å². The summed E-state index contributed by atoms with van der Waals surface area (Å²) < 4.78 is 9.84. The third-order valence-corrected chi connectivity index (χ3v) is 2.54. The van der Waals surface area contributed by atoms with E-state index in [1.165, 1.54) is 7.11 Å². The molecule has 0 unspecified atom stereocenters. The first-order valence-electron chi connectivity index (χ1n) is 5.56. The largest absolute Gasteiger partial charge is 0.468 e. The molecule has 1 aromatic rings. The lowest BCUT2D eigenvalue weighted by Gasteiger charge is -2.21. The summed E-state index contributed by atoms with van der Waals surface area (Å²) >= 11 is 0. The predicted octanol–water partition coefficient (Wildman–Crippen LogP) is 1.53. The maximum absolute atomic E-state index is 11.4. The lowest BCUT2D eigenvalue weighted by molar-refractivity contribution is -0.142. The lowest BCUT2D eigenvalue weighted by Crippen LogP contribution is -2.39. The number of benzene rings is 1. The van der Waals surface area contributed by atoms with Crippen molar-refractivity contribution in [1.29, 1.82) is 0 Å². The summed E-state index contributed by atoms with van der Waals surface area (Å²) in [6.07, 6.45) is 0. The van der Waals surface area contributed by atoms with Gasteiger partial charge in [0, 0.05) is 7.11 Å². The van der Waals surface area contributed by atoms with Gasteiger partial charge in [0.25, 0.3) is 0 Å². The Hall–Kier alpha value is -1.39. The van der Waals surface area contributed by atoms with Gasteiger partial charge in [-0.2, -0.15) is 0 Å². The van der Waals surface area contributed by atoms with Crippen LogP contribution in [0.25, 0.3) is 0 Å². The molecule has 4 nitrogen and oxygen atoms in total. The van der Waals surface area contributed by atoms with Crippen molar-refractivity contribution in [2.24, 2.45) is 0 Å². The highest BCUT2D eigenvalue weighted by atomic mass is 16.5. The minimum atomic E-state index is -0.361. The summed E-state index contributed by atoms with van der Waals surface area (Å²) in [6, 6.07) is 9.50. The molecule has 4 heteroatoms. The van der Waals surface area contributed by atoms with Crippen molar-refractivity contribution in [2.45, 2.75) is 19.0 Å². The van der Waals surface area contributed by atoms with E-state index in [-0.39, 0.29) is 18.1 Å². The minimum absolute atomic E-state index is 0.0182. The standard InChI is InChI=1S/C13H19NO3/c1-10(13(15)17-3)14-12(9-16-2)11-7-5-4-6-8-11/h4-8,10,12,14H,9H2,1-3H3/t10-,12+/m1/s1. The number of esters is 1. The van der Waals surface area contributed by atoms with Crippen LogP contribution in [0.5, 0.6) is 0 Å². The highest BCUT2D eigenvalue weighted by molar-refractivity contribution is 5.75. The monoisotopic (exact) mass is 237 g/mol. The van der Waals surface area contributed by atoms with Crippen LogP contribution >= 0.6 is 0 Å². The number of ether oxygens (including phenoxy) is 2. The Morgan fingerprint density at radius 2 is 1.94 bits per heavy atom. The molecule has 0 fully saturated rings. The highest BCUT2D eigenvalue weighted by Crippen LogP contribution is 2.13. The van der Waals surface area contributed by atoms with E-state index in [4.69, 9.17) is 4.74 Å². The highest BCUT2D eigenvalue weighted by Gasteiger charge is 2.19. The van der Waals surface area contributed by atoms with E-state index >= 15 is 0 Å². The molecular weight excluding hydrogens is 218 g/mol. The Morgan fingerprint density at radius 1 is 1.29 bits per heavy atom. The number of rotatable bonds is 6. The SMILES string of the molecule is COC[C@H](N[C@H](C)C(=O)OC)c1ccccc1. The first-order chi connectivity index (χ1) is 8.19. The van der Waals surface area contributed by atoms with Crippen molar-refractivity contribution in [3.05, 3.63) is 35.9 Å². The summed E-state index contributed by atoms with van der Waals surface area (Å²) in [6.45, 7) is 2.28. The zero-order valence-electron chi connectivity index (χ0n) is 10.5. The summed E-state index contributed by atoms with van der Waals surface area (Å²) in [5.74, 6) is -0.276. The predicted molar refractivity (Wildman–Crippen MR) is 65.7 cm³/mol. The minimum Gasteiger partial charge on any atom is -0.468 e. The van der Waals surface area contributed by atoms with E-state index in [1.54, 1.807) is 14.0 Å². The van der Waals surface area contributed by atoms with Gasteiger partial charge in [-0.3, -0.25) is 10.1 Å². The summed E-state index contributed by atoms with van der Waals surface area (Å²) in [7, 11) is 3.02. The quantitative estimate of drug-likeness (QED) is 0.762. The fourth-order valence-electron chi connectivity index (χ4n) is 1.64. The van der Waals surface area contributed by atoms with Gasteiger partial charge in [0.05, 0.1) is 19.8 Å². The van der Waals surface area contributed by atoms with Crippen LogP contribution in [-0.4, -0.2) is 32.8 Å². The summed E-state index contributed by atoms with van der Waals surface area (Å²) in [5, 5.41) is 3.19. The molecule has 0 saturated carbocycles. The average molecular weight is 237 g/mol. The zero-order valence-corrected chi connectivity index (χ0v) is 10.5. The Morgan fingerprint density at radius 3 is 2.47 bits per heavy atom. The molecule has 0 aliphatic carbocycles. The first-order valence-corrected chi connectivity index (χ1v) is 5.56. The van der Waals surface area contributed by atoms with Crippen LogP contribution in [0.2, 0.25) is 0 Å². The lowest BCUT2D eigenvalue weighted by atomic mass is 10.1.